The maximum Gasteiger partial charge on any atom is 0.203 e. The van der Waals surface area contributed by atoms with E-state index in [2.05, 4.69) is 26.8 Å². The summed E-state index contributed by atoms with van der Waals surface area (Å²) in [5.74, 6) is 0.950. The molecule has 0 radical (unpaired) electrons. The van der Waals surface area contributed by atoms with Gasteiger partial charge in [0.25, 0.3) is 0 Å². The van der Waals surface area contributed by atoms with Crippen LogP contribution in [0, 0.1) is 0 Å². The monoisotopic (exact) mass is 228 g/mol. The van der Waals surface area contributed by atoms with Gasteiger partial charge in [-0.05, 0) is 31.9 Å². The number of hydrogen-bond acceptors (Lipinski definition) is 3. The predicted octanol–water partition coefficient (Wildman–Crippen LogP) is 2.46. The fourth-order valence-electron chi connectivity index (χ4n) is 1.91. The molecule has 4 heteroatoms. The number of hydrogen-bond donors (Lipinski definition) is 1. The van der Waals surface area contributed by atoms with Crippen molar-refractivity contribution in [2.45, 2.75) is 31.8 Å². The summed E-state index contributed by atoms with van der Waals surface area (Å²) in [7, 11) is 0. The van der Waals surface area contributed by atoms with Gasteiger partial charge in [-0.3, -0.25) is 4.98 Å². The van der Waals surface area contributed by atoms with Crippen LogP contribution in [0.3, 0.4) is 0 Å². The molecule has 88 valence electrons. The van der Waals surface area contributed by atoms with Crippen molar-refractivity contribution in [1.82, 2.24) is 14.5 Å². The minimum Gasteiger partial charge on any atom is -0.353 e. The molecule has 0 spiro atoms. The van der Waals surface area contributed by atoms with E-state index < -0.39 is 0 Å². The number of imidazole rings is 1. The Balaban J connectivity index is 1.85. The predicted molar refractivity (Wildman–Crippen MR) is 66.9 cm³/mol. The van der Waals surface area contributed by atoms with Gasteiger partial charge in [-0.15, -0.1) is 0 Å². The van der Waals surface area contributed by atoms with Crippen molar-refractivity contribution in [3.05, 3.63) is 42.5 Å². The van der Waals surface area contributed by atoms with E-state index >= 15 is 0 Å². The fraction of sp³-hybridized carbons (Fsp3) is 0.385. The highest BCUT2D eigenvalue weighted by Crippen LogP contribution is 2.26. The number of rotatable bonds is 4. The molecule has 1 fully saturated rings. The number of anilines is 1. The van der Waals surface area contributed by atoms with E-state index in [9.17, 15) is 0 Å². The number of aromatic nitrogens is 3. The largest absolute Gasteiger partial charge is 0.353 e. The van der Waals surface area contributed by atoms with E-state index in [1.54, 1.807) is 0 Å². The maximum absolute atomic E-state index is 4.39. The van der Waals surface area contributed by atoms with Gasteiger partial charge in [0, 0.05) is 24.6 Å². The van der Waals surface area contributed by atoms with Gasteiger partial charge in [-0.2, -0.15) is 0 Å². The van der Waals surface area contributed by atoms with E-state index in [0.29, 0.717) is 6.04 Å². The summed E-state index contributed by atoms with van der Waals surface area (Å²) in [6.45, 7) is 2.14. The molecule has 2 aromatic rings. The zero-order valence-electron chi connectivity index (χ0n) is 9.87. The standard InChI is InChI=1S/C13H16N4/c1-10(12-4-2-3-7-14-12)17-9-8-15-13(17)16-11-5-6-11/h2-4,7-11H,5-6H2,1H3,(H,15,16). The highest BCUT2D eigenvalue weighted by atomic mass is 15.2. The Kier molecular flexibility index (Phi) is 2.55. The van der Waals surface area contributed by atoms with Crippen molar-refractivity contribution in [3.8, 4) is 0 Å². The molecule has 0 aromatic carbocycles. The van der Waals surface area contributed by atoms with E-state index in [0.717, 1.165) is 11.6 Å². The highest BCUT2D eigenvalue weighted by Gasteiger charge is 2.23. The topological polar surface area (TPSA) is 42.7 Å². The molecule has 0 aliphatic heterocycles. The van der Waals surface area contributed by atoms with Gasteiger partial charge < -0.3 is 9.88 Å². The van der Waals surface area contributed by atoms with Crippen LogP contribution in [0.4, 0.5) is 5.95 Å². The van der Waals surface area contributed by atoms with Crippen LogP contribution in [-0.4, -0.2) is 20.6 Å². The smallest absolute Gasteiger partial charge is 0.203 e. The lowest BCUT2D eigenvalue weighted by Crippen LogP contribution is -2.13. The number of nitrogens with zero attached hydrogens (tertiary/aromatic N) is 3. The molecular weight excluding hydrogens is 212 g/mol. The molecule has 1 N–H and O–H groups in total. The minimum atomic E-state index is 0.208. The molecule has 1 atom stereocenters. The zero-order valence-corrected chi connectivity index (χ0v) is 9.87. The van der Waals surface area contributed by atoms with Gasteiger partial charge in [-0.1, -0.05) is 6.07 Å². The van der Waals surface area contributed by atoms with Gasteiger partial charge in [0.2, 0.25) is 5.95 Å². The SMILES string of the molecule is CC(c1ccccn1)n1ccnc1NC1CC1. The molecule has 0 bridgehead atoms. The van der Waals surface area contributed by atoms with Crippen molar-refractivity contribution < 1.29 is 0 Å². The van der Waals surface area contributed by atoms with Crippen LogP contribution in [0.2, 0.25) is 0 Å². The van der Waals surface area contributed by atoms with Gasteiger partial charge in [-0.25, -0.2) is 4.98 Å². The van der Waals surface area contributed by atoms with Crippen LogP contribution < -0.4 is 5.32 Å². The quantitative estimate of drug-likeness (QED) is 0.874. The van der Waals surface area contributed by atoms with Crippen molar-refractivity contribution in [3.63, 3.8) is 0 Å². The molecule has 17 heavy (non-hydrogen) atoms. The Hall–Kier alpha value is -1.84. The summed E-state index contributed by atoms with van der Waals surface area (Å²) in [6.07, 6.45) is 8.18. The molecule has 0 amide bonds. The molecule has 1 unspecified atom stereocenters. The van der Waals surface area contributed by atoms with Crippen LogP contribution in [-0.2, 0) is 0 Å². The molecule has 2 heterocycles. The lowest BCUT2D eigenvalue weighted by Gasteiger charge is -2.16. The van der Waals surface area contributed by atoms with Crippen LogP contribution in [0.25, 0.3) is 0 Å². The molecular formula is C13H16N4. The third-order valence-corrected chi connectivity index (χ3v) is 3.11. The highest BCUT2D eigenvalue weighted by molar-refractivity contribution is 5.32. The van der Waals surface area contributed by atoms with Gasteiger partial charge >= 0.3 is 0 Å². The third kappa shape index (κ3) is 2.16. The molecule has 4 nitrogen and oxygen atoms in total. The number of nitrogens with one attached hydrogen (secondary N) is 1. The van der Waals surface area contributed by atoms with Gasteiger partial charge in [0.15, 0.2) is 0 Å². The Morgan fingerprint density at radius 2 is 2.18 bits per heavy atom. The first kappa shape index (κ1) is 10.3. The fourth-order valence-corrected chi connectivity index (χ4v) is 1.91. The lowest BCUT2D eigenvalue weighted by atomic mass is 10.2. The van der Waals surface area contributed by atoms with Gasteiger partial charge in [0.1, 0.15) is 0 Å². The van der Waals surface area contributed by atoms with E-state index in [1.165, 1.54) is 12.8 Å². The third-order valence-electron chi connectivity index (χ3n) is 3.11. The van der Waals surface area contributed by atoms with Crippen LogP contribution in [0.5, 0.6) is 0 Å². The van der Waals surface area contributed by atoms with Crippen molar-refractivity contribution in [2.75, 3.05) is 5.32 Å². The van der Waals surface area contributed by atoms with Crippen molar-refractivity contribution >= 4 is 5.95 Å². The first-order chi connectivity index (χ1) is 8.34. The molecule has 1 aliphatic rings. The molecule has 2 aromatic heterocycles. The second-order valence-electron chi connectivity index (χ2n) is 4.51. The Labute approximate surface area is 101 Å². The number of pyridine rings is 1. The summed E-state index contributed by atoms with van der Waals surface area (Å²) >= 11 is 0. The van der Waals surface area contributed by atoms with Crippen molar-refractivity contribution in [1.29, 1.82) is 0 Å². The van der Waals surface area contributed by atoms with E-state index in [-0.39, 0.29) is 6.04 Å². The normalized spacial score (nSPS) is 16.8. The van der Waals surface area contributed by atoms with E-state index in [4.69, 9.17) is 0 Å². The minimum absolute atomic E-state index is 0.208. The molecule has 3 rings (SSSR count). The first-order valence-corrected chi connectivity index (χ1v) is 6.05. The van der Waals surface area contributed by atoms with Crippen molar-refractivity contribution in [2.24, 2.45) is 0 Å². The van der Waals surface area contributed by atoms with Gasteiger partial charge in [0.05, 0.1) is 11.7 Å². The lowest BCUT2D eigenvalue weighted by molar-refractivity contribution is 0.624. The second kappa shape index (κ2) is 4.20. The summed E-state index contributed by atoms with van der Waals surface area (Å²) in [4.78, 5) is 8.76. The summed E-state index contributed by atoms with van der Waals surface area (Å²) in [6, 6.07) is 6.83. The average Bonchev–Trinajstić information content (AvgIpc) is 3.06. The van der Waals surface area contributed by atoms with Crippen LogP contribution in [0.15, 0.2) is 36.8 Å². The average molecular weight is 228 g/mol. The Morgan fingerprint density at radius 3 is 2.88 bits per heavy atom. The van der Waals surface area contributed by atoms with E-state index in [1.807, 2.05) is 36.8 Å². The van der Waals surface area contributed by atoms with Crippen LogP contribution >= 0.6 is 0 Å². The maximum atomic E-state index is 4.39. The zero-order chi connectivity index (χ0) is 11.7. The Morgan fingerprint density at radius 1 is 1.29 bits per heavy atom. The summed E-state index contributed by atoms with van der Waals surface area (Å²) in [5.41, 5.74) is 1.06. The summed E-state index contributed by atoms with van der Waals surface area (Å²) < 4.78 is 2.14. The Bertz CT molecular complexity index is 487. The summed E-state index contributed by atoms with van der Waals surface area (Å²) in [5, 5.41) is 3.44. The molecule has 1 aliphatic carbocycles. The second-order valence-corrected chi connectivity index (χ2v) is 4.51. The van der Waals surface area contributed by atoms with Crippen LogP contribution in [0.1, 0.15) is 31.5 Å². The first-order valence-electron chi connectivity index (χ1n) is 6.05. The molecule has 1 saturated carbocycles. The molecule has 0 saturated heterocycles.